The molecular formula is C14H11FOS. The Labute approximate surface area is 104 Å². The summed E-state index contributed by atoms with van der Waals surface area (Å²) in [6.45, 7) is 2.00. The van der Waals surface area contributed by atoms with E-state index in [-0.39, 0.29) is 5.82 Å². The molecule has 0 aliphatic rings. The van der Waals surface area contributed by atoms with Gasteiger partial charge in [-0.2, -0.15) is 0 Å². The molecule has 17 heavy (non-hydrogen) atoms. The second-order valence-electron chi connectivity index (χ2n) is 3.73. The van der Waals surface area contributed by atoms with E-state index in [1.165, 1.54) is 17.8 Å². The fraction of sp³-hybridized carbons (Fsp3) is 0.0714. The molecule has 2 aromatic rings. The van der Waals surface area contributed by atoms with E-state index < -0.39 is 0 Å². The molecule has 0 saturated carbocycles. The van der Waals surface area contributed by atoms with Crippen molar-refractivity contribution in [2.24, 2.45) is 0 Å². The topological polar surface area (TPSA) is 17.1 Å². The maximum absolute atomic E-state index is 13.6. The molecule has 0 aliphatic heterocycles. The van der Waals surface area contributed by atoms with Gasteiger partial charge in [0.2, 0.25) is 0 Å². The average Bonchev–Trinajstić information content (AvgIpc) is 2.32. The summed E-state index contributed by atoms with van der Waals surface area (Å²) in [7, 11) is 0. The van der Waals surface area contributed by atoms with E-state index in [1.807, 2.05) is 31.2 Å². The van der Waals surface area contributed by atoms with Gasteiger partial charge in [0.05, 0.1) is 0 Å². The minimum atomic E-state index is -0.360. The van der Waals surface area contributed by atoms with Crippen LogP contribution in [0.2, 0.25) is 0 Å². The Morgan fingerprint density at radius 3 is 2.65 bits per heavy atom. The minimum absolute atomic E-state index is 0.357. The van der Waals surface area contributed by atoms with E-state index >= 15 is 0 Å². The Morgan fingerprint density at radius 1 is 1.18 bits per heavy atom. The zero-order valence-electron chi connectivity index (χ0n) is 9.31. The van der Waals surface area contributed by atoms with Gasteiger partial charge in [-0.25, -0.2) is 4.39 Å². The number of aryl methyl sites for hydroxylation is 1. The predicted octanol–water partition coefficient (Wildman–Crippen LogP) is 4.10. The van der Waals surface area contributed by atoms with Crippen molar-refractivity contribution >= 4 is 18.0 Å². The molecule has 2 rings (SSSR count). The van der Waals surface area contributed by atoms with Crippen LogP contribution in [0, 0.1) is 12.7 Å². The lowest BCUT2D eigenvalue weighted by atomic mass is 10.2. The highest BCUT2D eigenvalue weighted by Gasteiger charge is 2.05. The normalized spacial score (nSPS) is 10.2. The summed E-state index contributed by atoms with van der Waals surface area (Å²) >= 11 is 1.36. The van der Waals surface area contributed by atoms with Gasteiger partial charge in [-0.3, -0.25) is 4.79 Å². The zero-order chi connectivity index (χ0) is 12.3. The van der Waals surface area contributed by atoms with Crippen molar-refractivity contribution in [1.82, 2.24) is 0 Å². The summed E-state index contributed by atoms with van der Waals surface area (Å²) in [4.78, 5) is 12.0. The van der Waals surface area contributed by atoms with Crippen molar-refractivity contribution in [3.8, 4) is 0 Å². The van der Waals surface area contributed by atoms with Crippen molar-refractivity contribution < 1.29 is 9.18 Å². The molecule has 3 heteroatoms. The molecule has 1 nitrogen and oxygen atoms in total. The van der Waals surface area contributed by atoms with Crippen LogP contribution >= 0.6 is 11.8 Å². The molecule has 0 atom stereocenters. The molecule has 0 aromatic heterocycles. The van der Waals surface area contributed by atoms with Gasteiger partial charge in [0.1, 0.15) is 12.1 Å². The number of rotatable bonds is 3. The van der Waals surface area contributed by atoms with Crippen LogP contribution < -0.4 is 0 Å². The van der Waals surface area contributed by atoms with Crippen LogP contribution in [-0.4, -0.2) is 6.29 Å². The summed E-state index contributed by atoms with van der Waals surface area (Å²) < 4.78 is 13.6. The summed E-state index contributed by atoms with van der Waals surface area (Å²) in [5.74, 6) is -0.360. The van der Waals surface area contributed by atoms with Gasteiger partial charge in [-0.05, 0) is 31.2 Å². The summed E-state index contributed by atoms with van der Waals surface area (Å²) in [5, 5.41) is 0. The lowest BCUT2D eigenvalue weighted by Crippen LogP contribution is -1.86. The molecule has 0 spiro atoms. The highest BCUT2D eigenvalue weighted by Crippen LogP contribution is 2.30. The molecular weight excluding hydrogens is 235 g/mol. The monoisotopic (exact) mass is 246 g/mol. The first-order chi connectivity index (χ1) is 8.19. The Balaban J connectivity index is 2.27. The van der Waals surface area contributed by atoms with E-state index in [0.717, 1.165) is 10.5 Å². The predicted molar refractivity (Wildman–Crippen MR) is 67.1 cm³/mol. The van der Waals surface area contributed by atoms with E-state index in [4.69, 9.17) is 0 Å². The van der Waals surface area contributed by atoms with Gasteiger partial charge >= 0.3 is 0 Å². The minimum Gasteiger partial charge on any atom is -0.298 e. The van der Waals surface area contributed by atoms with Gasteiger partial charge in [0, 0.05) is 15.4 Å². The largest absolute Gasteiger partial charge is 0.298 e. The highest BCUT2D eigenvalue weighted by atomic mass is 32.2. The Morgan fingerprint density at radius 2 is 2.00 bits per heavy atom. The third kappa shape index (κ3) is 2.94. The maximum atomic E-state index is 13.6. The number of benzene rings is 2. The third-order valence-corrected chi connectivity index (χ3v) is 3.35. The molecule has 0 N–H and O–H groups in total. The van der Waals surface area contributed by atoms with Crippen molar-refractivity contribution in [3.05, 3.63) is 59.4 Å². The van der Waals surface area contributed by atoms with Crippen LogP contribution in [0.4, 0.5) is 4.39 Å². The zero-order valence-corrected chi connectivity index (χ0v) is 10.1. The number of aldehydes is 1. The van der Waals surface area contributed by atoms with Crippen LogP contribution in [0.5, 0.6) is 0 Å². The van der Waals surface area contributed by atoms with Crippen molar-refractivity contribution in [1.29, 1.82) is 0 Å². The molecule has 0 bridgehead atoms. The maximum Gasteiger partial charge on any atom is 0.150 e. The van der Waals surface area contributed by atoms with Gasteiger partial charge < -0.3 is 0 Å². The SMILES string of the molecule is Cc1cccc(Sc2ccc(C=O)cc2F)c1. The van der Waals surface area contributed by atoms with Crippen LogP contribution in [0.3, 0.4) is 0 Å². The molecule has 0 aliphatic carbocycles. The van der Waals surface area contributed by atoms with E-state index in [1.54, 1.807) is 12.1 Å². The fourth-order valence-corrected chi connectivity index (χ4v) is 2.42. The van der Waals surface area contributed by atoms with Crippen molar-refractivity contribution in [2.45, 2.75) is 16.7 Å². The molecule has 0 amide bonds. The van der Waals surface area contributed by atoms with Crippen molar-refractivity contribution in [3.63, 3.8) is 0 Å². The molecule has 0 radical (unpaired) electrons. The molecule has 0 saturated heterocycles. The van der Waals surface area contributed by atoms with E-state index in [2.05, 4.69) is 0 Å². The number of hydrogen-bond donors (Lipinski definition) is 0. The summed E-state index contributed by atoms with van der Waals surface area (Å²) in [6, 6.07) is 12.4. The smallest absolute Gasteiger partial charge is 0.150 e. The lowest BCUT2D eigenvalue weighted by Gasteiger charge is -2.04. The summed E-state index contributed by atoms with van der Waals surface area (Å²) in [6.07, 6.45) is 0.643. The van der Waals surface area contributed by atoms with Gasteiger partial charge in [-0.15, -0.1) is 0 Å². The molecule has 0 fully saturated rings. The van der Waals surface area contributed by atoms with Crippen LogP contribution in [0.15, 0.2) is 52.3 Å². The van der Waals surface area contributed by atoms with Crippen LogP contribution in [-0.2, 0) is 0 Å². The average molecular weight is 246 g/mol. The molecule has 0 heterocycles. The number of carbonyl (C=O) groups excluding carboxylic acids is 1. The van der Waals surface area contributed by atoms with Crippen molar-refractivity contribution in [2.75, 3.05) is 0 Å². The van der Waals surface area contributed by atoms with Gasteiger partial charge in [0.15, 0.2) is 0 Å². The molecule has 0 unspecified atom stereocenters. The lowest BCUT2D eigenvalue weighted by molar-refractivity contribution is 0.112. The number of halogens is 1. The van der Waals surface area contributed by atoms with Gasteiger partial charge in [-0.1, -0.05) is 35.5 Å². The number of hydrogen-bond acceptors (Lipinski definition) is 2. The third-order valence-electron chi connectivity index (χ3n) is 2.31. The molecule has 2 aromatic carbocycles. The van der Waals surface area contributed by atoms with Gasteiger partial charge in [0.25, 0.3) is 0 Å². The Hall–Kier alpha value is -1.61. The van der Waals surface area contributed by atoms with Crippen LogP contribution in [0.25, 0.3) is 0 Å². The first-order valence-corrected chi connectivity index (χ1v) is 6.00. The fourth-order valence-electron chi connectivity index (χ4n) is 1.48. The Bertz CT molecular complexity index is 552. The number of carbonyl (C=O) groups is 1. The second kappa shape index (κ2) is 5.15. The van der Waals surface area contributed by atoms with E-state index in [9.17, 15) is 9.18 Å². The standard InChI is InChI=1S/C14H11FOS/c1-10-3-2-4-12(7-10)17-14-6-5-11(9-16)8-13(14)15/h2-9H,1H3. The second-order valence-corrected chi connectivity index (χ2v) is 4.84. The quantitative estimate of drug-likeness (QED) is 0.758. The van der Waals surface area contributed by atoms with E-state index in [0.29, 0.717) is 16.7 Å². The first-order valence-electron chi connectivity index (χ1n) is 5.18. The first kappa shape index (κ1) is 11.9. The Kier molecular flexibility index (Phi) is 3.59. The summed E-state index contributed by atoms with van der Waals surface area (Å²) in [5.41, 5.74) is 1.50. The highest BCUT2D eigenvalue weighted by molar-refractivity contribution is 7.99. The molecule has 86 valence electrons. The van der Waals surface area contributed by atoms with Crippen LogP contribution in [0.1, 0.15) is 15.9 Å².